The topological polar surface area (TPSA) is 168 Å². The van der Waals surface area contributed by atoms with Crippen molar-refractivity contribution >= 4 is 11.9 Å². The molecule has 3 unspecified atom stereocenters. The smallest absolute Gasteiger partial charge is 0.318 e. The van der Waals surface area contributed by atoms with Crippen LogP contribution in [0.15, 0.2) is 0 Å². The van der Waals surface area contributed by atoms with Gasteiger partial charge in [0.1, 0.15) is 29.3 Å². The number of rotatable bonds is 7. The lowest BCUT2D eigenvalue weighted by Gasteiger charge is -2.46. The third-order valence-electron chi connectivity index (χ3n) is 11.0. The number of ether oxygens (including phenoxy) is 5. The average molecular weight is 675 g/mol. The first-order valence-electron chi connectivity index (χ1n) is 17.1. The van der Waals surface area contributed by atoms with Crippen LogP contribution in [0.3, 0.4) is 0 Å². The second-order valence-corrected chi connectivity index (χ2v) is 15.3. The van der Waals surface area contributed by atoms with Crippen LogP contribution in [0, 0.1) is 17.3 Å². The van der Waals surface area contributed by atoms with Gasteiger partial charge in [0, 0.05) is 24.5 Å². The maximum Gasteiger partial charge on any atom is 0.318 e. The predicted molar refractivity (Wildman–Crippen MR) is 173 cm³/mol. The second-order valence-electron chi connectivity index (χ2n) is 15.3. The predicted octanol–water partition coefficient (Wildman–Crippen LogP) is 1.66. The van der Waals surface area contributed by atoms with E-state index in [1.165, 1.54) is 13.8 Å². The molecule has 0 spiro atoms. The lowest BCUT2D eigenvalue weighted by molar-refractivity contribution is -0.300. The molecule has 0 amide bonds. The van der Waals surface area contributed by atoms with Crippen molar-refractivity contribution < 1.29 is 53.7 Å². The van der Waals surface area contributed by atoms with Crippen molar-refractivity contribution in [3.8, 4) is 0 Å². The molecule has 13 nitrogen and oxygen atoms in total. The Kier molecular flexibility index (Phi) is 12.6. The number of aliphatic hydroxyl groups excluding tert-OH is 2. The zero-order valence-corrected chi connectivity index (χ0v) is 30.6. The molecule has 3 heterocycles. The minimum atomic E-state index is -2.34. The van der Waals surface area contributed by atoms with E-state index in [1.54, 1.807) is 34.6 Å². The number of hydrogen-bond donors (Lipinski definition) is 4. The molecule has 0 aromatic heterocycles. The molecule has 13 heteroatoms. The van der Waals surface area contributed by atoms with Crippen LogP contribution in [-0.2, 0) is 33.3 Å². The van der Waals surface area contributed by atoms with Crippen LogP contribution in [0.1, 0.15) is 88.0 Å². The second kappa shape index (κ2) is 14.8. The molecule has 274 valence electrons. The fourth-order valence-corrected chi connectivity index (χ4v) is 8.13. The summed E-state index contributed by atoms with van der Waals surface area (Å²) in [7, 11) is 5.60. The monoisotopic (exact) mass is 674 g/mol. The van der Waals surface area contributed by atoms with Crippen LogP contribution < -0.4 is 0 Å². The molecular weight excluding hydrogens is 612 g/mol. The van der Waals surface area contributed by atoms with Gasteiger partial charge in [0.15, 0.2) is 12.1 Å². The van der Waals surface area contributed by atoms with Crippen molar-refractivity contribution in [3.05, 3.63) is 0 Å². The summed E-state index contributed by atoms with van der Waals surface area (Å²) in [4.78, 5) is 31.3. The standard InChI is InChI=1S/C34H62N2O11/c1-13-24-33(9,41)27(39)22(6)36(12)18-19(3)16-32(8)28(46-29-26(38)23(35(10)11)15-20(4)44-29)21(5)34(42,47-32)31(7,30(40)45-24)17-25(37)43-14-2/h19-24,26-29,38-39,41-42H,13-18H2,1-12H3/t19-,20-,21-,22-,23?,24-,26-,27-,28-,29+,31?,32?,33-,34+/m1/s1. The largest absolute Gasteiger partial charge is 0.466 e. The van der Waals surface area contributed by atoms with Crippen LogP contribution >= 0.6 is 0 Å². The highest BCUT2D eigenvalue weighted by atomic mass is 16.7. The first kappa shape index (κ1) is 40.0. The Labute approximate surface area is 280 Å². The zero-order valence-electron chi connectivity index (χ0n) is 30.6. The molecule has 14 atom stereocenters. The maximum atomic E-state index is 14.4. The number of fused-ring (bicyclic) bond motifs is 2. The van der Waals surface area contributed by atoms with E-state index in [1.807, 2.05) is 44.8 Å². The Balaban J connectivity index is 2.20. The third kappa shape index (κ3) is 7.68. The number of aliphatic hydroxyl groups is 4. The van der Waals surface area contributed by atoms with E-state index in [0.29, 0.717) is 19.4 Å². The minimum absolute atomic E-state index is 0.0474. The van der Waals surface area contributed by atoms with E-state index in [0.717, 1.165) is 0 Å². The first-order chi connectivity index (χ1) is 21.6. The number of nitrogens with zero attached hydrogens (tertiary/aromatic N) is 2. The number of cyclic esters (lactones) is 1. The zero-order chi connectivity index (χ0) is 35.9. The van der Waals surface area contributed by atoms with Crippen LogP contribution in [0.4, 0.5) is 0 Å². The number of carbonyl (C=O) groups is 2. The summed E-state index contributed by atoms with van der Waals surface area (Å²) in [6.45, 7) is 15.9. The lowest BCUT2D eigenvalue weighted by Crippen LogP contribution is -2.62. The molecule has 0 saturated carbocycles. The fourth-order valence-electron chi connectivity index (χ4n) is 8.13. The minimum Gasteiger partial charge on any atom is -0.466 e. The highest BCUT2D eigenvalue weighted by Gasteiger charge is 2.70. The van der Waals surface area contributed by atoms with Crippen LogP contribution in [0.25, 0.3) is 0 Å². The summed E-state index contributed by atoms with van der Waals surface area (Å²) in [5.74, 6) is -5.15. The SMILES string of the molecule is CCOC(=O)CC1(C)C(=O)O[C@H](CC)[C@@](C)(O)[C@H](O)[C@@H](C)N(C)C[C@H](C)CC2(C)O[C@@]1(O)[C@H](C)[C@H]2O[C@@H]1O[C@H](C)CC(N(C)C)[C@H]1O. The van der Waals surface area contributed by atoms with Crippen molar-refractivity contribution in [3.63, 3.8) is 0 Å². The number of hydrogen-bond acceptors (Lipinski definition) is 13. The Hall–Kier alpha value is -1.42. The van der Waals surface area contributed by atoms with E-state index in [9.17, 15) is 30.0 Å². The summed E-state index contributed by atoms with van der Waals surface area (Å²) in [6, 6.07) is -0.791. The molecule has 0 aromatic carbocycles. The molecule has 3 rings (SSSR count). The van der Waals surface area contributed by atoms with Gasteiger partial charge in [-0.3, -0.25) is 9.59 Å². The number of likely N-dealkylation sites (N-methyl/N-ethyl adjacent to an activating group) is 2. The number of carbonyl (C=O) groups excluding carboxylic acids is 2. The van der Waals surface area contributed by atoms with Gasteiger partial charge in [-0.1, -0.05) is 20.8 Å². The van der Waals surface area contributed by atoms with Gasteiger partial charge in [-0.25, -0.2) is 0 Å². The maximum absolute atomic E-state index is 14.4. The summed E-state index contributed by atoms with van der Waals surface area (Å²) in [6.07, 6.45) is -5.29. The van der Waals surface area contributed by atoms with Gasteiger partial charge in [0.05, 0.1) is 30.8 Å². The molecule has 0 aromatic rings. The Bertz CT molecular complexity index is 1090. The van der Waals surface area contributed by atoms with E-state index in [2.05, 4.69) is 0 Å². The molecule has 3 aliphatic rings. The molecular formula is C34H62N2O11. The molecule has 3 fully saturated rings. The average Bonchev–Trinajstić information content (AvgIpc) is 3.16. The van der Waals surface area contributed by atoms with Crippen molar-refractivity contribution in [2.24, 2.45) is 17.3 Å². The molecule has 4 N–H and O–H groups in total. The van der Waals surface area contributed by atoms with Crippen molar-refractivity contribution in [2.75, 3.05) is 34.3 Å². The van der Waals surface area contributed by atoms with Crippen LogP contribution in [0.2, 0.25) is 0 Å². The summed E-state index contributed by atoms with van der Waals surface area (Å²) >= 11 is 0. The van der Waals surface area contributed by atoms with Gasteiger partial charge in [-0.15, -0.1) is 0 Å². The molecule has 3 saturated heterocycles. The Morgan fingerprint density at radius 1 is 1.09 bits per heavy atom. The van der Waals surface area contributed by atoms with Crippen LogP contribution in [0.5, 0.6) is 0 Å². The van der Waals surface area contributed by atoms with Gasteiger partial charge in [-0.2, -0.15) is 0 Å². The molecule has 0 aliphatic carbocycles. The van der Waals surface area contributed by atoms with Gasteiger partial charge >= 0.3 is 11.9 Å². The lowest BCUT2D eigenvalue weighted by atomic mass is 9.71. The molecule has 47 heavy (non-hydrogen) atoms. The highest BCUT2D eigenvalue weighted by molar-refractivity contribution is 5.84. The summed E-state index contributed by atoms with van der Waals surface area (Å²) in [5, 5.41) is 47.1. The third-order valence-corrected chi connectivity index (χ3v) is 11.0. The highest BCUT2D eigenvalue weighted by Crippen LogP contribution is 2.56. The van der Waals surface area contributed by atoms with Gasteiger partial charge < -0.3 is 53.9 Å². The molecule has 3 aliphatic heterocycles. The van der Waals surface area contributed by atoms with Crippen molar-refractivity contribution in [2.45, 2.75) is 154 Å². The molecule has 0 radical (unpaired) electrons. The molecule has 2 bridgehead atoms. The normalized spacial score (nSPS) is 47.4. The van der Waals surface area contributed by atoms with E-state index in [4.69, 9.17) is 23.7 Å². The summed E-state index contributed by atoms with van der Waals surface area (Å²) in [5.41, 5.74) is -5.17. The Morgan fingerprint density at radius 2 is 1.70 bits per heavy atom. The summed E-state index contributed by atoms with van der Waals surface area (Å²) < 4.78 is 30.6. The fraction of sp³-hybridized carbons (Fsp3) is 0.941. The Morgan fingerprint density at radius 3 is 2.26 bits per heavy atom. The van der Waals surface area contributed by atoms with E-state index < -0.39 is 83.4 Å². The van der Waals surface area contributed by atoms with Crippen LogP contribution in [-0.4, -0.2) is 142 Å². The quantitative estimate of drug-likeness (QED) is 0.288. The number of esters is 2. The van der Waals surface area contributed by atoms with Gasteiger partial charge in [0.25, 0.3) is 0 Å². The van der Waals surface area contributed by atoms with E-state index in [-0.39, 0.29) is 31.1 Å². The van der Waals surface area contributed by atoms with Gasteiger partial charge in [-0.05, 0) is 87.9 Å². The van der Waals surface area contributed by atoms with E-state index >= 15 is 0 Å². The van der Waals surface area contributed by atoms with Gasteiger partial charge in [0.2, 0.25) is 0 Å². The van der Waals surface area contributed by atoms with Crippen molar-refractivity contribution in [1.29, 1.82) is 0 Å². The first-order valence-corrected chi connectivity index (χ1v) is 17.1. The van der Waals surface area contributed by atoms with Crippen molar-refractivity contribution in [1.82, 2.24) is 9.80 Å².